The zero-order valence-corrected chi connectivity index (χ0v) is 12.1. The zero-order valence-electron chi connectivity index (χ0n) is 12.1. The van der Waals surface area contributed by atoms with Crippen LogP contribution >= 0.6 is 0 Å². The highest BCUT2D eigenvalue weighted by Gasteiger charge is 2.21. The summed E-state index contributed by atoms with van der Waals surface area (Å²) in [5.41, 5.74) is 0. The van der Waals surface area contributed by atoms with E-state index in [4.69, 9.17) is 10.2 Å². The molecule has 0 saturated heterocycles. The predicted octanol–water partition coefficient (Wildman–Crippen LogP) is 2.28. The van der Waals surface area contributed by atoms with E-state index in [9.17, 15) is 5.21 Å². The van der Waals surface area contributed by atoms with Crippen molar-refractivity contribution in [1.29, 1.82) is 0 Å². The van der Waals surface area contributed by atoms with Crippen molar-refractivity contribution in [2.24, 2.45) is 5.92 Å². The summed E-state index contributed by atoms with van der Waals surface area (Å²) < 4.78 is -0.445. The van der Waals surface area contributed by atoms with Crippen LogP contribution in [-0.4, -0.2) is 47.7 Å². The summed E-state index contributed by atoms with van der Waals surface area (Å²) in [6, 6.07) is 0. The molecular formula is C14H31NO3. The van der Waals surface area contributed by atoms with Crippen molar-refractivity contribution >= 4 is 0 Å². The van der Waals surface area contributed by atoms with Gasteiger partial charge < -0.3 is 20.1 Å². The van der Waals surface area contributed by atoms with E-state index in [1.807, 2.05) is 0 Å². The fourth-order valence-corrected chi connectivity index (χ4v) is 2.41. The lowest BCUT2D eigenvalue weighted by molar-refractivity contribution is -0.884. The van der Waals surface area contributed by atoms with Crippen LogP contribution in [0.15, 0.2) is 0 Å². The largest absolute Gasteiger partial charge is 0.633 e. The molecule has 0 spiro atoms. The summed E-state index contributed by atoms with van der Waals surface area (Å²) in [5.74, 6) is 0.414. The molecule has 1 atom stereocenters. The molecule has 0 aromatic heterocycles. The highest BCUT2D eigenvalue weighted by atomic mass is 16.5. The molecule has 0 aliphatic heterocycles. The van der Waals surface area contributed by atoms with Gasteiger partial charge in [-0.3, -0.25) is 0 Å². The minimum Gasteiger partial charge on any atom is -0.633 e. The average Bonchev–Trinajstić information content (AvgIpc) is 2.33. The maximum atomic E-state index is 12.4. The Balaban J connectivity index is 4.11. The lowest BCUT2D eigenvalue weighted by Crippen LogP contribution is -2.49. The van der Waals surface area contributed by atoms with E-state index in [1.54, 1.807) is 0 Å². The van der Waals surface area contributed by atoms with E-state index < -0.39 is 4.65 Å². The van der Waals surface area contributed by atoms with E-state index in [2.05, 4.69) is 13.8 Å². The van der Waals surface area contributed by atoms with Crippen molar-refractivity contribution in [1.82, 2.24) is 0 Å². The highest BCUT2D eigenvalue weighted by molar-refractivity contribution is 4.59. The fourth-order valence-electron chi connectivity index (χ4n) is 2.41. The second-order valence-electron chi connectivity index (χ2n) is 5.26. The summed E-state index contributed by atoms with van der Waals surface area (Å²) in [4.78, 5) is 0. The molecule has 0 heterocycles. The van der Waals surface area contributed by atoms with Crippen LogP contribution in [0.4, 0.5) is 0 Å². The number of hydroxylamine groups is 3. The van der Waals surface area contributed by atoms with Crippen LogP contribution in [0.1, 0.15) is 52.4 Å². The minimum absolute atomic E-state index is 0.101. The fraction of sp³-hybridized carbons (Fsp3) is 1.00. The average molecular weight is 261 g/mol. The molecule has 0 rings (SSSR count). The van der Waals surface area contributed by atoms with E-state index >= 15 is 0 Å². The van der Waals surface area contributed by atoms with Crippen molar-refractivity contribution < 1.29 is 14.9 Å². The Kier molecular flexibility index (Phi) is 10.6. The number of unbranched alkanes of at least 4 members (excludes halogenated alkanes) is 3. The number of aliphatic hydroxyl groups is 2. The van der Waals surface area contributed by atoms with Gasteiger partial charge in [0.05, 0.1) is 19.8 Å². The van der Waals surface area contributed by atoms with Crippen molar-refractivity contribution in [2.75, 3.05) is 32.8 Å². The Bertz CT molecular complexity index is 182. The molecule has 0 aromatic carbocycles. The number of hydrogen-bond acceptors (Lipinski definition) is 3. The molecule has 0 radical (unpaired) electrons. The normalized spacial score (nSPS) is 13.8. The molecule has 1 unspecified atom stereocenters. The smallest absolute Gasteiger partial charge is 0.102 e. The number of quaternary nitrogens is 1. The Labute approximate surface area is 112 Å². The Morgan fingerprint density at radius 2 is 1.61 bits per heavy atom. The van der Waals surface area contributed by atoms with Gasteiger partial charge in [0, 0.05) is 5.92 Å². The summed E-state index contributed by atoms with van der Waals surface area (Å²) in [5, 5.41) is 30.3. The highest BCUT2D eigenvalue weighted by Crippen LogP contribution is 2.19. The molecule has 0 aliphatic carbocycles. The second kappa shape index (κ2) is 10.7. The SMILES string of the molecule is CCCCCCC(CC)C[N+]([O-])(CCO)CCO. The van der Waals surface area contributed by atoms with Crippen LogP contribution in [0.25, 0.3) is 0 Å². The summed E-state index contributed by atoms with van der Waals surface area (Å²) in [6.45, 7) is 5.04. The van der Waals surface area contributed by atoms with Gasteiger partial charge in [0.1, 0.15) is 13.1 Å². The molecule has 18 heavy (non-hydrogen) atoms. The molecule has 0 bridgehead atoms. The van der Waals surface area contributed by atoms with Gasteiger partial charge >= 0.3 is 0 Å². The number of rotatable bonds is 12. The maximum absolute atomic E-state index is 12.4. The van der Waals surface area contributed by atoms with Gasteiger partial charge in [-0.2, -0.15) is 0 Å². The van der Waals surface area contributed by atoms with Crippen LogP contribution in [-0.2, 0) is 0 Å². The first-order valence-corrected chi connectivity index (χ1v) is 7.40. The van der Waals surface area contributed by atoms with Crippen LogP contribution in [0.2, 0.25) is 0 Å². The molecule has 0 aromatic rings. The lowest BCUT2D eigenvalue weighted by atomic mass is 9.97. The first-order chi connectivity index (χ1) is 8.61. The molecular weight excluding hydrogens is 230 g/mol. The van der Waals surface area contributed by atoms with Crippen LogP contribution in [0, 0.1) is 11.1 Å². The molecule has 110 valence electrons. The van der Waals surface area contributed by atoms with Gasteiger partial charge in [0.15, 0.2) is 0 Å². The van der Waals surface area contributed by atoms with E-state index in [0.717, 1.165) is 12.8 Å². The van der Waals surface area contributed by atoms with Gasteiger partial charge in [-0.15, -0.1) is 0 Å². The molecule has 4 heteroatoms. The first kappa shape index (κ1) is 17.8. The molecule has 0 aliphatic rings. The standard InChI is InChI=1S/C14H31NO3/c1-3-5-6-7-8-14(4-2)13-15(18,9-11-16)10-12-17/h14,16-17H,3-13H2,1-2H3. The van der Waals surface area contributed by atoms with Crippen LogP contribution in [0.5, 0.6) is 0 Å². The number of aliphatic hydroxyl groups excluding tert-OH is 2. The van der Waals surface area contributed by atoms with Gasteiger partial charge in [-0.25, -0.2) is 0 Å². The lowest BCUT2D eigenvalue weighted by Gasteiger charge is -2.44. The van der Waals surface area contributed by atoms with E-state index in [0.29, 0.717) is 12.5 Å². The molecule has 0 fully saturated rings. The molecule has 4 nitrogen and oxygen atoms in total. The molecule has 0 amide bonds. The van der Waals surface area contributed by atoms with Crippen LogP contribution in [0.3, 0.4) is 0 Å². The van der Waals surface area contributed by atoms with Crippen molar-refractivity contribution in [3.63, 3.8) is 0 Å². The quantitative estimate of drug-likeness (QED) is 0.322. The third-order valence-corrected chi connectivity index (χ3v) is 3.65. The predicted molar refractivity (Wildman–Crippen MR) is 74.9 cm³/mol. The first-order valence-electron chi connectivity index (χ1n) is 7.40. The van der Waals surface area contributed by atoms with Gasteiger partial charge in [-0.05, 0) is 12.8 Å². The van der Waals surface area contributed by atoms with Crippen molar-refractivity contribution in [3.8, 4) is 0 Å². The maximum Gasteiger partial charge on any atom is 0.102 e. The Morgan fingerprint density at radius 1 is 1.00 bits per heavy atom. The Morgan fingerprint density at radius 3 is 2.06 bits per heavy atom. The zero-order chi connectivity index (χ0) is 13.9. The molecule has 2 N–H and O–H groups in total. The summed E-state index contributed by atoms with van der Waals surface area (Å²) in [6.07, 6.45) is 7.02. The monoisotopic (exact) mass is 261 g/mol. The second-order valence-corrected chi connectivity index (χ2v) is 5.26. The third-order valence-electron chi connectivity index (χ3n) is 3.65. The summed E-state index contributed by atoms with van der Waals surface area (Å²) >= 11 is 0. The number of nitrogens with zero attached hydrogens (tertiary/aromatic N) is 1. The minimum atomic E-state index is -0.445. The van der Waals surface area contributed by atoms with E-state index in [1.165, 1.54) is 25.7 Å². The van der Waals surface area contributed by atoms with Crippen LogP contribution < -0.4 is 0 Å². The molecule has 0 saturated carbocycles. The Hall–Kier alpha value is -0.160. The topological polar surface area (TPSA) is 63.5 Å². The van der Waals surface area contributed by atoms with E-state index in [-0.39, 0.29) is 26.3 Å². The van der Waals surface area contributed by atoms with Gasteiger partial charge in [-0.1, -0.05) is 39.5 Å². The van der Waals surface area contributed by atoms with Crippen molar-refractivity contribution in [2.45, 2.75) is 52.4 Å². The van der Waals surface area contributed by atoms with Crippen molar-refractivity contribution in [3.05, 3.63) is 5.21 Å². The summed E-state index contributed by atoms with van der Waals surface area (Å²) in [7, 11) is 0. The number of hydrogen-bond donors (Lipinski definition) is 2. The third kappa shape index (κ3) is 8.03. The van der Waals surface area contributed by atoms with Gasteiger partial charge in [0.25, 0.3) is 0 Å². The van der Waals surface area contributed by atoms with Gasteiger partial charge in [0.2, 0.25) is 0 Å².